The van der Waals surface area contributed by atoms with Crippen molar-refractivity contribution in [3.05, 3.63) is 0 Å². The van der Waals surface area contributed by atoms with Gasteiger partial charge in [0.2, 0.25) is 0 Å². The molecule has 0 aromatic heterocycles. The molecule has 0 bridgehead atoms. The molecular formula is C15H30N2O2. The lowest BCUT2D eigenvalue weighted by molar-refractivity contribution is -0.141. The zero-order valence-electron chi connectivity index (χ0n) is 12.8. The number of likely N-dealkylation sites (N-methyl/N-ethyl adjacent to an activating group) is 2. The van der Waals surface area contributed by atoms with Crippen molar-refractivity contribution in [2.45, 2.75) is 57.9 Å². The van der Waals surface area contributed by atoms with Gasteiger partial charge in [0, 0.05) is 18.6 Å². The van der Waals surface area contributed by atoms with Gasteiger partial charge in [0.15, 0.2) is 0 Å². The van der Waals surface area contributed by atoms with Crippen LogP contribution in [0.5, 0.6) is 0 Å². The lowest BCUT2D eigenvalue weighted by Crippen LogP contribution is -2.51. The normalized spacial score (nSPS) is 19.0. The van der Waals surface area contributed by atoms with Crippen LogP contribution in [-0.4, -0.2) is 59.6 Å². The molecule has 1 saturated carbocycles. The van der Waals surface area contributed by atoms with Crippen LogP contribution < -0.4 is 0 Å². The molecule has 1 rings (SSSR count). The second kappa shape index (κ2) is 7.85. The van der Waals surface area contributed by atoms with E-state index in [1.165, 1.54) is 19.3 Å². The fraction of sp³-hybridized carbons (Fsp3) is 0.933. The lowest BCUT2D eigenvalue weighted by atomic mass is 9.78. The summed E-state index contributed by atoms with van der Waals surface area (Å²) in [4.78, 5) is 15.9. The Hall–Kier alpha value is -0.610. The van der Waals surface area contributed by atoms with Gasteiger partial charge in [-0.1, -0.05) is 33.1 Å². The monoisotopic (exact) mass is 270 g/mol. The Bertz CT molecular complexity index is 271. The first-order chi connectivity index (χ1) is 9.04. The Morgan fingerprint density at radius 2 is 1.68 bits per heavy atom. The predicted molar refractivity (Wildman–Crippen MR) is 78.5 cm³/mol. The van der Waals surface area contributed by atoms with Gasteiger partial charge < -0.3 is 10.0 Å². The molecule has 19 heavy (non-hydrogen) atoms. The molecule has 1 fully saturated rings. The highest BCUT2D eigenvalue weighted by Gasteiger charge is 2.37. The van der Waals surface area contributed by atoms with E-state index in [9.17, 15) is 9.90 Å². The average molecular weight is 270 g/mol. The maximum Gasteiger partial charge on any atom is 0.305 e. The number of rotatable bonds is 8. The third-order valence-corrected chi connectivity index (χ3v) is 4.72. The van der Waals surface area contributed by atoms with E-state index in [1.807, 2.05) is 0 Å². The summed E-state index contributed by atoms with van der Waals surface area (Å²) in [5.41, 5.74) is -0.1000. The fourth-order valence-electron chi connectivity index (χ4n) is 3.25. The van der Waals surface area contributed by atoms with Crippen LogP contribution in [0, 0.1) is 0 Å². The third kappa shape index (κ3) is 4.77. The molecule has 4 nitrogen and oxygen atoms in total. The van der Waals surface area contributed by atoms with Crippen LogP contribution in [0.3, 0.4) is 0 Å². The molecule has 1 N–H and O–H groups in total. The van der Waals surface area contributed by atoms with E-state index in [0.717, 1.165) is 39.0 Å². The van der Waals surface area contributed by atoms with Crippen molar-refractivity contribution in [3.63, 3.8) is 0 Å². The highest BCUT2D eigenvalue weighted by Crippen LogP contribution is 2.35. The molecule has 0 saturated heterocycles. The van der Waals surface area contributed by atoms with Crippen LogP contribution in [0.25, 0.3) is 0 Å². The van der Waals surface area contributed by atoms with E-state index in [4.69, 9.17) is 0 Å². The first kappa shape index (κ1) is 16.4. The molecule has 0 amide bonds. The van der Waals surface area contributed by atoms with E-state index in [2.05, 4.69) is 30.7 Å². The molecule has 0 unspecified atom stereocenters. The van der Waals surface area contributed by atoms with Gasteiger partial charge in [-0.3, -0.25) is 9.69 Å². The zero-order chi connectivity index (χ0) is 14.3. The number of hydrogen-bond acceptors (Lipinski definition) is 3. The molecule has 0 aliphatic heterocycles. The SMILES string of the molecule is CCN(CC)CCN(C)C1(CC(=O)O)CCCCC1. The van der Waals surface area contributed by atoms with Gasteiger partial charge in [-0.05, 0) is 33.0 Å². The Morgan fingerprint density at radius 3 is 2.16 bits per heavy atom. The van der Waals surface area contributed by atoms with E-state index >= 15 is 0 Å². The Balaban J connectivity index is 2.60. The van der Waals surface area contributed by atoms with Gasteiger partial charge >= 0.3 is 5.97 Å². The van der Waals surface area contributed by atoms with Crippen molar-refractivity contribution in [1.29, 1.82) is 0 Å². The van der Waals surface area contributed by atoms with Crippen LogP contribution >= 0.6 is 0 Å². The summed E-state index contributed by atoms with van der Waals surface area (Å²) in [7, 11) is 2.11. The van der Waals surface area contributed by atoms with Gasteiger partial charge in [0.25, 0.3) is 0 Å². The first-order valence-electron chi connectivity index (χ1n) is 7.69. The van der Waals surface area contributed by atoms with Crippen molar-refractivity contribution >= 4 is 5.97 Å². The minimum Gasteiger partial charge on any atom is -0.481 e. The topological polar surface area (TPSA) is 43.8 Å². The van der Waals surface area contributed by atoms with Crippen LogP contribution in [0.2, 0.25) is 0 Å². The molecule has 112 valence electrons. The summed E-state index contributed by atoms with van der Waals surface area (Å²) in [6.45, 7) is 8.49. The Morgan fingerprint density at radius 1 is 1.11 bits per heavy atom. The number of nitrogens with zero attached hydrogens (tertiary/aromatic N) is 2. The summed E-state index contributed by atoms with van der Waals surface area (Å²) in [5, 5.41) is 9.21. The van der Waals surface area contributed by atoms with Gasteiger partial charge in [0.05, 0.1) is 6.42 Å². The van der Waals surface area contributed by atoms with Crippen molar-refractivity contribution in [1.82, 2.24) is 9.80 Å². The highest BCUT2D eigenvalue weighted by molar-refractivity contribution is 5.68. The lowest BCUT2D eigenvalue weighted by Gasteiger charge is -2.44. The molecule has 0 atom stereocenters. The van der Waals surface area contributed by atoms with E-state index in [0.29, 0.717) is 6.42 Å². The first-order valence-corrected chi connectivity index (χ1v) is 7.69. The highest BCUT2D eigenvalue weighted by atomic mass is 16.4. The predicted octanol–water partition coefficient (Wildman–Crippen LogP) is 2.44. The van der Waals surface area contributed by atoms with E-state index in [1.54, 1.807) is 0 Å². The van der Waals surface area contributed by atoms with Crippen LogP contribution in [0.1, 0.15) is 52.4 Å². The minimum absolute atomic E-state index is 0.1000. The summed E-state index contributed by atoms with van der Waals surface area (Å²) < 4.78 is 0. The van der Waals surface area contributed by atoms with Crippen molar-refractivity contribution in [2.24, 2.45) is 0 Å². The number of aliphatic carboxylic acids is 1. The second-order valence-electron chi connectivity index (χ2n) is 5.80. The summed E-state index contributed by atoms with van der Waals surface area (Å²) in [6.07, 6.45) is 5.96. The average Bonchev–Trinajstić information content (AvgIpc) is 2.40. The number of hydrogen-bond donors (Lipinski definition) is 1. The molecule has 4 heteroatoms. The number of carboxylic acid groups (broad SMARTS) is 1. The van der Waals surface area contributed by atoms with Crippen molar-refractivity contribution in [2.75, 3.05) is 33.2 Å². The van der Waals surface area contributed by atoms with Gasteiger partial charge in [-0.15, -0.1) is 0 Å². The van der Waals surface area contributed by atoms with Gasteiger partial charge in [-0.2, -0.15) is 0 Å². The maximum absolute atomic E-state index is 11.2. The smallest absolute Gasteiger partial charge is 0.305 e. The van der Waals surface area contributed by atoms with Gasteiger partial charge in [-0.25, -0.2) is 0 Å². The molecule has 0 aromatic carbocycles. The second-order valence-corrected chi connectivity index (χ2v) is 5.80. The third-order valence-electron chi connectivity index (χ3n) is 4.72. The molecule has 0 radical (unpaired) electrons. The minimum atomic E-state index is -0.656. The van der Waals surface area contributed by atoms with Gasteiger partial charge in [0.1, 0.15) is 0 Å². The molecule has 0 heterocycles. The summed E-state index contributed by atoms with van der Waals surface area (Å²) in [6, 6.07) is 0. The molecule has 0 spiro atoms. The summed E-state index contributed by atoms with van der Waals surface area (Å²) >= 11 is 0. The largest absolute Gasteiger partial charge is 0.481 e. The van der Waals surface area contributed by atoms with Crippen LogP contribution in [0.4, 0.5) is 0 Å². The number of carboxylic acids is 1. The summed E-state index contributed by atoms with van der Waals surface area (Å²) in [5.74, 6) is -0.656. The van der Waals surface area contributed by atoms with Crippen molar-refractivity contribution < 1.29 is 9.90 Å². The standard InChI is InChI=1S/C15H30N2O2/c1-4-17(5-2)12-11-16(3)15(13-14(18)19)9-7-6-8-10-15/h4-13H2,1-3H3,(H,18,19). The van der Waals surface area contributed by atoms with E-state index in [-0.39, 0.29) is 5.54 Å². The molecule has 1 aliphatic rings. The fourth-order valence-corrected chi connectivity index (χ4v) is 3.25. The number of carbonyl (C=O) groups is 1. The molecule has 0 aromatic rings. The Kier molecular flexibility index (Phi) is 6.80. The molecule has 1 aliphatic carbocycles. The van der Waals surface area contributed by atoms with E-state index < -0.39 is 5.97 Å². The van der Waals surface area contributed by atoms with Crippen molar-refractivity contribution in [3.8, 4) is 0 Å². The quantitative estimate of drug-likeness (QED) is 0.736. The Labute approximate surface area is 117 Å². The maximum atomic E-state index is 11.2. The van der Waals surface area contributed by atoms with Crippen LogP contribution in [-0.2, 0) is 4.79 Å². The zero-order valence-corrected chi connectivity index (χ0v) is 12.8. The van der Waals surface area contributed by atoms with Crippen LogP contribution in [0.15, 0.2) is 0 Å². The molecular weight excluding hydrogens is 240 g/mol.